The molecule has 0 aromatic carbocycles. The van der Waals surface area contributed by atoms with Crippen molar-refractivity contribution in [3.05, 3.63) is 49.3 Å². The third-order valence-electron chi connectivity index (χ3n) is 6.45. The van der Waals surface area contributed by atoms with E-state index in [1.807, 2.05) is 22.9 Å². The van der Waals surface area contributed by atoms with Gasteiger partial charge in [-0.15, -0.1) is 11.3 Å². The van der Waals surface area contributed by atoms with Gasteiger partial charge in [0.1, 0.15) is 10.4 Å². The Kier molecular flexibility index (Phi) is 4.97. The van der Waals surface area contributed by atoms with Gasteiger partial charge in [-0.25, -0.2) is 4.98 Å². The number of nitrogens with zero attached hydrogens (tertiary/aromatic N) is 4. The Morgan fingerprint density at radius 3 is 2.50 bits per heavy atom. The van der Waals surface area contributed by atoms with Gasteiger partial charge in [-0.3, -0.25) is 14.4 Å². The van der Waals surface area contributed by atoms with Crippen LogP contribution in [0.15, 0.2) is 16.5 Å². The summed E-state index contributed by atoms with van der Waals surface area (Å²) in [6, 6.07) is 0.186. The van der Waals surface area contributed by atoms with Crippen LogP contribution in [0.5, 0.6) is 0 Å². The van der Waals surface area contributed by atoms with Gasteiger partial charge in [0.05, 0.1) is 11.2 Å². The molecule has 4 heterocycles. The van der Waals surface area contributed by atoms with Crippen molar-refractivity contribution in [1.29, 1.82) is 0 Å². The van der Waals surface area contributed by atoms with E-state index in [1.54, 1.807) is 10.1 Å². The number of hydrogen-bond acceptors (Lipinski definition) is 5. The van der Waals surface area contributed by atoms with Crippen molar-refractivity contribution >= 4 is 23.2 Å². The molecule has 2 aliphatic heterocycles. The molecule has 30 heavy (non-hydrogen) atoms. The maximum atomic E-state index is 13.4. The van der Waals surface area contributed by atoms with Gasteiger partial charge in [0.25, 0.3) is 17.4 Å². The molecule has 0 atom stereocenters. The van der Waals surface area contributed by atoms with E-state index in [-0.39, 0.29) is 23.4 Å². The normalized spacial score (nSPS) is 19.0. The zero-order valence-corrected chi connectivity index (χ0v) is 18.0. The van der Waals surface area contributed by atoms with E-state index in [4.69, 9.17) is 0 Å². The van der Waals surface area contributed by atoms with E-state index >= 15 is 0 Å². The molecule has 0 N–H and O–H groups in total. The number of thiazole rings is 1. The summed E-state index contributed by atoms with van der Waals surface area (Å²) in [5.74, 6) is -0.141. The van der Waals surface area contributed by atoms with E-state index < -0.39 is 0 Å². The number of piperidine rings is 1. The number of carbonyl (C=O) groups excluding carboxylic acids is 2. The molecule has 2 amide bonds. The second-order valence-corrected chi connectivity index (χ2v) is 9.40. The van der Waals surface area contributed by atoms with Crippen LogP contribution in [0.2, 0.25) is 0 Å². The molecule has 0 radical (unpaired) electrons. The molecular formula is C22H26N4O3S. The van der Waals surface area contributed by atoms with Crippen molar-refractivity contribution < 1.29 is 9.59 Å². The van der Waals surface area contributed by atoms with E-state index in [9.17, 15) is 14.4 Å². The largest absolute Gasteiger partial charge is 0.338 e. The van der Waals surface area contributed by atoms with Gasteiger partial charge in [0, 0.05) is 38.4 Å². The zero-order valence-electron chi connectivity index (χ0n) is 17.2. The van der Waals surface area contributed by atoms with Crippen LogP contribution in [0.3, 0.4) is 0 Å². The fourth-order valence-corrected chi connectivity index (χ4v) is 5.37. The number of carbonyl (C=O) groups is 2. The molecule has 8 heteroatoms. The van der Waals surface area contributed by atoms with E-state index in [1.165, 1.54) is 11.3 Å². The van der Waals surface area contributed by atoms with Crippen LogP contribution in [0.4, 0.5) is 0 Å². The highest BCUT2D eigenvalue weighted by molar-refractivity contribution is 7.11. The van der Waals surface area contributed by atoms with Gasteiger partial charge in [0.15, 0.2) is 0 Å². The van der Waals surface area contributed by atoms with Gasteiger partial charge >= 0.3 is 0 Å². The number of aromatic nitrogens is 2. The van der Waals surface area contributed by atoms with Crippen LogP contribution in [-0.4, -0.2) is 50.8 Å². The van der Waals surface area contributed by atoms with Crippen molar-refractivity contribution in [3.8, 4) is 0 Å². The highest BCUT2D eigenvalue weighted by Crippen LogP contribution is 2.35. The van der Waals surface area contributed by atoms with Crippen LogP contribution in [0.25, 0.3) is 0 Å². The molecule has 0 unspecified atom stereocenters. The first kappa shape index (κ1) is 19.5. The molecular weight excluding hydrogens is 400 g/mol. The molecule has 1 aliphatic carbocycles. The summed E-state index contributed by atoms with van der Waals surface area (Å²) in [6.07, 6.45) is 7.51. The number of aryl methyl sites for hydroxylation is 1. The summed E-state index contributed by atoms with van der Waals surface area (Å²) < 4.78 is 1.75. The summed E-state index contributed by atoms with van der Waals surface area (Å²) in [6.45, 7) is 4.23. The van der Waals surface area contributed by atoms with Crippen LogP contribution in [-0.2, 0) is 13.0 Å². The first-order chi connectivity index (χ1) is 14.5. The van der Waals surface area contributed by atoms with Crippen molar-refractivity contribution in [2.45, 2.75) is 58.0 Å². The molecule has 1 saturated carbocycles. The lowest BCUT2D eigenvalue weighted by Gasteiger charge is -2.32. The van der Waals surface area contributed by atoms with E-state index in [2.05, 4.69) is 4.98 Å². The first-order valence-corrected chi connectivity index (χ1v) is 11.7. The van der Waals surface area contributed by atoms with E-state index in [0.29, 0.717) is 30.0 Å². The van der Waals surface area contributed by atoms with Gasteiger partial charge in [-0.1, -0.05) is 0 Å². The smallest absolute Gasteiger partial charge is 0.266 e. The maximum Gasteiger partial charge on any atom is 0.266 e. The summed E-state index contributed by atoms with van der Waals surface area (Å²) in [7, 11) is 0. The third-order valence-corrected chi connectivity index (χ3v) is 7.37. The Bertz CT molecular complexity index is 1060. The number of hydrogen-bond donors (Lipinski definition) is 0. The topological polar surface area (TPSA) is 75.5 Å². The Hall–Kier alpha value is -2.48. The first-order valence-electron chi connectivity index (χ1n) is 10.8. The average Bonchev–Trinajstić information content (AvgIpc) is 3.53. The van der Waals surface area contributed by atoms with Crippen molar-refractivity contribution in [2.24, 2.45) is 0 Å². The fraction of sp³-hybridized carbons (Fsp3) is 0.545. The molecule has 0 spiro atoms. The second kappa shape index (κ2) is 7.65. The number of amides is 2. The molecule has 158 valence electrons. The SMILES string of the molecule is Cc1ncsc1C(=O)N1CCc2c(cn(C3CC3)c(=O)c2C(=O)N2CCCCC2)C1. The number of pyridine rings is 1. The molecule has 5 rings (SSSR count). The predicted octanol–water partition coefficient (Wildman–Crippen LogP) is 2.77. The monoisotopic (exact) mass is 426 g/mol. The maximum absolute atomic E-state index is 13.4. The standard InChI is InChI=1S/C22H26N4O3S/c1-14-19(30-13-23-14)22(29)25-10-7-17-15(11-25)12-26(16-5-6-16)21(28)18(17)20(27)24-8-3-2-4-9-24/h12-13,16H,2-11H2,1H3. The minimum Gasteiger partial charge on any atom is -0.338 e. The van der Waals surface area contributed by atoms with Gasteiger partial charge < -0.3 is 14.4 Å². The molecule has 2 aromatic heterocycles. The Morgan fingerprint density at radius 1 is 1.07 bits per heavy atom. The lowest BCUT2D eigenvalue weighted by atomic mass is 9.95. The molecule has 2 fully saturated rings. The Balaban J connectivity index is 1.52. The molecule has 2 aromatic rings. The van der Waals surface area contributed by atoms with Crippen LogP contribution >= 0.6 is 11.3 Å². The highest BCUT2D eigenvalue weighted by atomic mass is 32.1. The van der Waals surface area contributed by atoms with Crippen molar-refractivity contribution in [3.63, 3.8) is 0 Å². The summed E-state index contributed by atoms with van der Waals surface area (Å²) in [4.78, 5) is 48.2. The minimum atomic E-state index is -0.148. The van der Waals surface area contributed by atoms with Gasteiger partial charge in [-0.05, 0) is 56.6 Å². The van der Waals surface area contributed by atoms with Crippen molar-refractivity contribution in [2.75, 3.05) is 19.6 Å². The molecule has 7 nitrogen and oxygen atoms in total. The Labute approximate surface area is 179 Å². The third kappa shape index (κ3) is 3.37. The Morgan fingerprint density at radius 2 is 1.83 bits per heavy atom. The van der Waals surface area contributed by atoms with Crippen molar-refractivity contribution in [1.82, 2.24) is 19.4 Å². The zero-order chi connectivity index (χ0) is 20.8. The lowest BCUT2D eigenvalue weighted by Crippen LogP contribution is -2.43. The van der Waals surface area contributed by atoms with Gasteiger partial charge in [0.2, 0.25) is 0 Å². The van der Waals surface area contributed by atoms with Crippen LogP contribution < -0.4 is 5.56 Å². The highest BCUT2D eigenvalue weighted by Gasteiger charge is 2.34. The number of fused-ring (bicyclic) bond motifs is 1. The lowest BCUT2D eigenvalue weighted by molar-refractivity contribution is 0.0716. The average molecular weight is 427 g/mol. The molecule has 3 aliphatic rings. The quantitative estimate of drug-likeness (QED) is 0.756. The summed E-state index contributed by atoms with van der Waals surface area (Å²) >= 11 is 1.36. The van der Waals surface area contributed by atoms with Crippen LogP contribution in [0, 0.1) is 6.92 Å². The fourth-order valence-electron chi connectivity index (χ4n) is 4.60. The van der Waals surface area contributed by atoms with Gasteiger partial charge in [-0.2, -0.15) is 0 Å². The number of likely N-dealkylation sites (tertiary alicyclic amines) is 1. The molecule has 1 saturated heterocycles. The predicted molar refractivity (Wildman–Crippen MR) is 114 cm³/mol. The summed E-state index contributed by atoms with van der Waals surface area (Å²) in [5.41, 5.74) is 4.42. The van der Waals surface area contributed by atoms with E-state index in [0.717, 1.165) is 62.0 Å². The number of rotatable bonds is 3. The minimum absolute atomic E-state index is 0.0197. The second-order valence-electron chi connectivity index (χ2n) is 8.55. The van der Waals surface area contributed by atoms with Crippen LogP contribution in [0.1, 0.15) is 75.0 Å². The molecule has 0 bridgehead atoms. The summed E-state index contributed by atoms with van der Waals surface area (Å²) in [5, 5.41) is 0.